The smallest absolute Gasteiger partial charge is 0.295 e. The van der Waals surface area contributed by atoms with Crippen LogP contribution in [0.15, 0.2) is 78.4 Å². The summed E-state index contributed by atoms with van der Waals surface area (Å²) in [6.45, 7) is 3.53. The number of fused-ring (bicyclic) bond motifs is 1. The number of carbonyl (C=O) groups is 2. The first-order valence-corrected chi connectivity index (χ1v) is 13.3. The molecule has 2 aliphatic heterocycles. The lowest BCUT2D eigenvalue weighted by Crippen LogP contribution is -2.32. The minimum atomic E-state index is -0.726. The number of benzene rings is 3. The Bertz CT molecular complexity index is 1400. The summed E-state index contributed by atoms with van der Waals surface area (Å²) in [4.78, 5) is 30.3. The predicted molar refractivity (Wildman–Crippen MR) is 150 cm³/mol. The molecule has 0 spiro atoms. The molecule has 0 bridgehead atoms. The van der Waals surface area contributed by atoms with E-state index in [-0.39, 0.29) is 17.4 Å². The molecular weight excluding hydrogens is 492 g/mol. The van der Waals surface area contributed by atoms with Gasteiger partial charge < -0.3 is 24.4 Å². The third-order valence-corrected chi connectivity index (χ3v) is 7.14. The number of carbonyl (C=O) groups excluding carboxylic acids is 2. The second kappa shape index (κ2) is 11.3. The topological polar surface area (TPSA) is 79.3 Å². The van der Waals surface area contributed by atoms with Gasteiger partial charge in [-0.2, -0.15) is 0 Å². The number of aliphatic hydroxyl groups excluding tert-OH is 1. The van der Waals surface area contributed by atoms with Gasteiger partial charge in [0.1, 0.15) is 30.0 Å². The van der Waals surface area contributed by atoms with Crippen LogP contribution in [0.4, 0.5) is 0 Å². The maximum atomic E-state index is 13.4. The molecule has 3 aromatic rings. The molecule has 1 saturated heterocycles. The molecule has 1 amide bonds. The molecule has 1 N–H and O–H groups in total. The van der Waals surface area contributed by atoms with Gasteiger partial charge in [-0.15, -0.1) is 0 Å². The van der Waals surface area contributed by atoms with Gasteiger partial charge in [0.25, 0.3) is 11.7 Å². The molecule has 7 heteroatoms. The average molecular weight is 527 g/mol. The number of hydrogen-bond donors (Lipinski definition) is 1. The van der Waals surface area contributed by atoms with Crippen molar-refractivity contribution in [1.82, 2.24) is 9.80 Å². The molecule has 39 heavy (non-hydrogen) atoms. The molecule has 2 heterocycles. The normalized spacial score (nSPS) is 19.8. The van der Waals surface area contributed by atoms with Crippen molar-refractivity contribution >= 4 is 17.4 Å². The lowest BCUT2D eigenvalue weighted by Gasteiger charge is -2.26. The van der Waals surface area contributed by atoms with E-state index in [1.807, 2.05) is 92.6 Å². The van der Waals surface area contributed by atoms with Crippen LogP contribution < -0.4 is 9.47 Å². The van der Waals surface area contributed by atoms with Crippen LogP contribution in [0.3, 0.4) is 0 Å². The average Bonchev–Trinajstić information content (AvgIpc) is 3.43. The molecule has 2 aliphatic rings. The number of aliphatic hydroxyl groups is 1. The van der Waals surface area contributed by atoms with Crippen LogP contribution in [0.5, 0.6) is 11.5 Å². The summed E-state index contributed by atoms with van der Waals surface area (Å²) in [5.74, 6) is -0.0505. The van der Waals surface area contributed by atoms with Gasteiger partial charge >= 0.3 is 0 Å². The van der Waals surface area contributed by atoms with Gasteiger partial charge in [0, 0.05) is 18.5 Å². The van der Waals surface area contributed by atoms with Crippen LogP contribution in [0.2, 0.25) is 0 Å². The fraction of sp³-hybridized carbons (Fsp3) is 0.312. The van der Waals surface area contributed by atoms with E-state index >= 15 is 0 Å². The number of amides is 1. The zero-order valence-corrected chi connectivity index (χ0v) is 22.6. The standard InChI is InChI=1S/C32H34N2O5/c1-21-17-25-18-24(13-14-27(25)39-21)30(35)28-29(34(32(37)31(28)36)16-8-15-33(2)3)23-11-7-12-26(19-23)38-20-22-9-5-4-6-10-22/h4-7,9-14,18-19,21,29,35H,8,15-17,20H2,1-3H3/b30-28+/t21-,29-/m0/s1. The summed E-state index contributed by atoms with van der Waals surface area (Å²) >= 11 is 0. The Morgan fingerprint density at radius 3 is 2.62 bits per heavy atom. The Morgan fingerprint density at radius 2 is 1.85 bits per heavy atom. The largest absolute Gasteiger partial charge is 0.507 e. The summed E-state index contributed by atoms with van der Waals surface area (Å²) in [7, 11) is 3.94. The summed E-state index contributed by atoms with van der Waals surface area (Å²) in [6, 6.07) is 22.0. The monoisotopic (exact) mass is 526 g/mol. The van der Waals surface area contributed by atoms with Crippen molar-refractivity contribution in [2.75, 3.05) is 27.2 Å². The van der Waals surface area contributed by atoms with E-state index in [4.69, 9.17) is 9.47 Å². The Morgan fingerprint density at radius 1 is 1.05 bits per heavy atom. The van der Waals surface area contributed by atoms with Crippen LogP contribution in [0.25, 0.3) is 5.76 Å². The fourth-order valence-electron chi connectivity index (χ4n) is 5.25. The molecular formula is C32H34N2O5. The number of Topliss-reactive ketones (excluding diaryl/α,β-unsaturated/α-hetero) is 1. The number of nitrogens with zero attached hydrogens (tertiary/aromatic N) is 2. The molecule has 0 aliphatic carbocycles. The van der Waals surface area contributed by atoms with Gasteiger partial charge in [0.05, 0.1) is 11.6 Å². The second-order valence-corrected chi connectivity index (χ2v) is 10.5. The van der Waals surface area contributed by atoms with Crippen molar-refractivity contribution in [3.8, 4) is 11.5 Å². The summed E-state index contributed by atoms with van der Waals surface area (Å²) in [5.41, 5.74) is 3.31. The van der Waals surface area contributed by atoms with Gasteiger partial charge in [-0.05, 0) is 81.0 Å². The molecule has 202 valence electrons. The highest BCUT2D eigenvalue weighted by Gasteiger charge is 2.46. The molecule has 0 unspecified atom stereocenters. The maximum Gasteiger partial charge on any atom is 0.295 e. The quantitative estimate of drug-likeness (QED) is 0.241. The number of ketones is 1. The fourth-order valence-corrected chi connectivity index (χ4v) is 5.25. The van der Waals surface area contributed by atoms with E-state index < -0.39 is 17.7 Å². The third-order valence-electron chi connectivity index (χ3n) is 7.14. The highest BCUT2D eigenvalue weighted by molar-refractivity contribution is 6.46. The number of hydrogen-bond acceptors (Lipinski definition) is 6. The van der Waals surface area contributed by atoms with Crippen LogP contribution in [0.1, 0.15) is 41.6 Å². The molecule has 0 radical (unpaired) electrons. The number of ether oxygens (including phenoxy) is 2. The van der Waals surface area contributed by atoms with E-state index in [1.54, 1.807) is 11.0 Å². The highest BCUT2D eigenvalue weighted by Crippen LogP contribution is 2.41. The molecule has 3 aromatic carbocycles. The zero-order chi connectivity index (χ0) is 27.5. The van der Waals surface area contributed by atoms with Crippen LogP contribution in [-0.4, -0.2) is 59.9 Å². The maximum absolute atomic E-state index is 13.4. The Hall–Kier alpha value is -4.10. The van der Waals surface area contributed by atoms with Crippen molar-refractivity contribution in [2.24, 2.45) is 0 Å². The molecule has 0 saturated carbocycles. The first kappa shape index (κ1) is 26.5. The minimum Gasteiger partial charge on any atom is -0.507 e. The second-order valence-electron chi connectivity index (χ2n) is 10.5. The summed E-state index contributed by atoms with van der Waals surface area (Å²) in [6.07, 6.45) is 1.47. The van der Waals surface area contributed by atoms with Gasteiger partial charge in [0.2, 0.25) is 0 Å². The van der Waals surface area contributed by atoms with Crippen molar-refractivity contribution in [1.29, 1.82) is 0 Å². The van der Waals surface area contributed by atoms with Crippen molar-refractivity contribution < 1.29 is 24.2 Å². The Balaban J connectivity index is 1.52. The lowest BCUT2D eigenvalue weighted by atomic mass is 9.94. The van der Waals surface area contributed by atoms with Crippen molar-refractivity contribution in [3.63, 3.8) is 0 Å². The summed E-state index contributed by atoms with van der Waals surface area (Å²) < 4.78 is 11.8. The number of rotatable bonds is 9. The van der Waals surface area contributed by atoms with E-state index in [0.29, 0.717) is 36.4 Å². The third kappa shape index (κ3) is 5.68. The first-order chi connectivity index (χ1) is 18.8. The first-order valence-electron chi connectivity index (χ1n) is 13.3. The van der Waals surface area contributed by atoms with Gasteiger partial charge in [-0.25, -0.2) is 0 Å². The van der Waals surface area contributed by atoms with Gasteiger partial charge in [-0.1, -0.05) is 42.5 Å². The summed E-state index contributed by atoms with van der Waals surface area (Å²) in [5, 5.41) is 11.5. The molecule has 5 rings (SSSR count). The van der Waals surface area contributed by atoms with Gasteiger partial charge in [0.15, 0.2) is 0 Å². The van der Waals surface area contributed by atoms with E-state index in [1.165, 1.54) is 0 Å². The van der Waals surface area contributed by atoms with Crippen LogP contribution in [-0.2, 0) is 22.6 Å². The zero-order valence-electron chi connectivity index (χ0n) is 22.6. The Labute approximate surface area is 229 Å². The predicted octanol–water partition coefficient (Wildman–Crippen LogP) is 4.96. The van der Waals surface area contributed by atoms with Crippen molar-refractivity contribution in [3.05, 3.63) is 101 Å². The molecule has 7 nitrogen and oxygen atoms in total. The van der Waals surface area contributed by atoms with Crippen molar-refractivity contribution in [2.45, 2.75) is 38.5 Å². The molecule has 2 atom stereocenters. The van der Waals surface area contributed by atoms with Crippen LogP contribution in [0, 0.1) is 0 Å². The van der Waals surface area contributed by atoms with E-state index in [2.05, 4.69) is 0 Å². The van der Waals surface area contributed by atoms with Crippen LogP contribution >= 0.6 is 0 Å². The number of likely N-dealkylation sites (tertiary alicyclic amines) is 1. The molecule has 0 aromatic heterocycles. The van der Waals surface area contributed by atoms with E-state index in [9.17, 15) is 14.7 Å². The SMILES string of the molecule is C[C@H]1Cc2cc(/C(O)=C3\C(=O)C(=O)N(CCCN(C)C)[C@H]3c3cccc(OCc4ccccc4)c3)ccc2O1. The Kier molecular flexibility index (Phi) is 7.70. The van der Waals surface area contributed by atoms with E-state index in [0.717, 1.165) is 29.8 Å². The lowest BCUT2D eigenvalue weighted by molar-refractivity contribution is -0.139. The van der Waals surface area contributed by atoms with Gasteiger partial charge in [-0.3, -0.25) is 9.59 Å². The molecule has 1 fully saturated rings. The minimum absolute atomic E-state index is 0.0540. The highest BCUT2D eigenvalue weighted by atomic mass is 16.5.